The quantitative estimate of drug-likeness (QED) is 0.757. The maximum absolute atomic E-state index is 11.7. The number of carbonyl (C=O) groups excluding carboxylic acids is 1. The van der Waals surface area contributed by atoms with Crippen molar-refractivity contribution in [2.75, 3.05) is 18.5 Å². The number of anilines is 1. The van der Waals surface area contributed by atoms with Gasteiger partial charge in [0.15, 0.2) is 0 Å². The molecule has 2 N–H and O–H groups in total. The molecule has 22 heavy (non-hydrogen) atoms. The molecular formula is C16H16Cl2N2O2. The lowest BCUT2D eigenvalue weighted by Crippen LogP contribution is -2.30. The number of carbonyl (C=O) groups is 1. The third-order valence-corrected chi connectivity index (χ3v) is 3.33. The lowest BCUT2D eigenvalue weighted by atomic mass is 10.3. The number of ether oxygens (including phenoxy) is 1. The van der Waals surface area contributed by atoms with Gasteiger partial charge in [0.25, 0.3) is 0 Å². The molecule has 0 saturated carbocycles. The van der Waals surface area contributed by atoms with E-state index in [0.29, 0.717) is 41.1 Å². The molecule has 0 saturated heterocycles. The fraction of sp³-hybridized carbons (Fsp3) is 0.188. The largest absolute Gasteiger partial charge is 0.492 e. The van der Waals surface area contributed by atoms with Crippen LogP contribution in [-0.4, -0.2) is 19.2 Å². The highest BCUT2D eigenvalue weighted by atomic mass is 35.5. The molecule has 0 aliphatic heterocycles. The molecule has 0 bridgehead atoms. The first-order chi connectivity index (χ1) is 10.6. The fourth-order valence-corrected chi connectivity index (χ4v) is 2.14. The second-order valence-electron chi connectivity index (χ2n) is 4.52. The van der Waals surface area contributed by atoms with Crippen LogP contribution in [-0.2, 0) is 0 Å². The van der Waals surface area contributed by atoms with Crippen LogP contribution in [0.15, 0.2) is 48.5 Å². The Morgan fingerprint density at radius 1 is 1.09 bits per heavy atom. The maximum atomic E-state index is 11.7. The summed E-state index contributed by atoms with van der Waals surface area (Å²) >= 11 is 11.8. The van der Waals surface area contributed by atoms with Gasteiger partial charge in [0.05, 0.1) is 11.6 Å². The highest BCUT2D eigenvalue weighted by Crippen LogP contribution is 2.22. The monoisotopic (exact) mass is 338 g/mol. The summed E-state index contributed by atoms with van der Waals surface area (Å²) in [5.41, 5.74) is 0.650. The van der Waals surface area contributed by atoms with Crippen molar-refractivity contribution in [3.63, 3.8) is 0 Å². The van der Waals surface area contributed by atoms with Crippen LogP contribution in [0.1, 0.15) is 6.42 Å². The number of amides is 2. The summed E-state index contributed by atoms with van der Waals surface area (Å²) in [6.07, 6.45) is 0.675. The highest BCUT2D eigenvalue weighted by Gasteiger charge is 2.02. The zero-order valence-corrected chi connectivity index (χ0v) is 13.3. The summed E-state index contributed by atoms with van der Waals surface area (Å²) in [6.45, 7) is 0.970. The lowest BCUT2D eigenvalue weighted by molar-refractivity contribution is 0.250. The molecule has 4 nitrogen and oxygen atoms in total. The predicted octanol–water partition coefficient (Wildman–Crippen LogP) is 4.58. The Hall–Kier alpha value is -1.91. The van der Waals surface area contributed by atoms with Crippen molar-refractivity contribution < 1.29 is 9.53 Å². The maximum Gasteiger partial charge on any atom is 0.319 e. The number of benzene rings is 2. The van der Waals surface area contributed by atoms with E-state index in [4.69, 9.17) is 27.9 Å². The van der Waals surface area contributed by atoms with Gasteiger partial charge in [0.1, 0.15) is 5.75 Å². The molecule has 2 rings (SSSR count). The van der Waals surface area contributed by atoms with Crippen LogP contribution < -0.4 is 15.4 Å². The molecule has 0 aromatic heterocycles. The van der Waals surface area contributed by atoms with Gasteiger partial charge < -0.3 is 15.4 Å². The number of rotatable bonds is 6. The number of para-hydroxylation sites is 1. The van der Waals surface area contributed by atoms with Crippen molar-refractivity contribution in [2.45, 2.75) is 6.42 Å². The van der Waals surface area contributed by atoms with Gasteiger partial charge >= 0.3 is 6.03 Å². The number of nitrogens with one attached hydrogen (secondary N) is 2. The third-order valence-electron chi connectivity index (χ3n) is 2.78. The van der Waals surface area contributed by atoms with Crippen LogP contribution >= 0.6 is 23.2 Å². The predicted molar refractivity (Wildman–Crippen MR) is 90.0 cm³/mol. The minimum atomic E-state index is -0.278. The number of hydrogen-bond acceptors (Lipinski definition) is 2. The summed E-state index contributed by atoms with van der Waals surface area (Å²) in [5, 5.41) is 6.60. The number of halogens is 2. The molecule has 0 aliphatic carbocycles. The van der Waals surface area contributed by atoms with Gasteiger partial charge in [-0.05, 0) is 36.8 Å². The Morgan fingerprint density at radius 2 is 1.91 bits per heavy atom. The van der Waals surface area contributed by atoms with Crippen LogP contribution in [0.2, 0.25) is 10.0 Å². The van der Waals surface area contributed by atoms with E-state index >= 15 is 0 Å². The Balaban J connectivity index is 1.64. The number of urea groups is 1. The summed E-state index contributed by atoms with van der Waals surface area (Å²) in [5.74, 6) is 0.646. The van der Waals surface area contributed by atoms with Crippen LogP contribution in [0, 0.1) is 0 Å². The average Bonchev–Trinajstić information content (AvgIpc) is 2.48. The zero-order chi connectivity index (χ0) is 15.8. The zero-order valence-electron chi connectivity index (χ0n) is 11.8. The molecule has 6 heteroatoms. The Labute approximate surface area is 139 Å². The van der Waals surface area contributed by atoms with Crippen molar-refractivity contribution in [1.29, 1.82) is 0 Å². The van der Waals surface area contributed by atoms with Crippen molar-refractivity contribution in [3.8, 4) is 5.75 Å². The molecular weight excluding hydrogens is 323 g/mol. The minimum absolute atomic E-state index is 0.278. The molecule has 0 fully saturated rings. The second kappa shape index (κ2) is 8.51. The Morgan fingerprint density at radius 3 is 2.68 bits per heavy atom. The normalized spacial score (nSPS) is 10.1. The van der Waals surface area contributed by atoms with E-state index < -0.39 is 0 Å². The SMILES string of the molecule is O=C(NCCCOc1ccccc1Cl)Nc1cccc(Cl)c1. The van der Waals surface area contributed by atoms with Gasteiger partial charge in [0, 0.05) is 17.3 Å². The summed E-state index contributed by atoms with van der Waals surface area (Å²) < 4.78 is 5.53. The molecule has 0 unspecified atom stereocenters. The first kappa shape index (κ1) is 16.5. The van der Waals surface area contributed by atoms with Gasteiger partial charge in [-0.2, -0.15) is 0 Å². The van der Waals surface area contributed by atoms with Gasteiger partial charge in [-0.3, -0.25) is 0 Å². The molecule has 0 atom stereocenters. The van der Waals surface area contributed by atoms with Crippen molar-refractivity contribution in [1.82, 2.24) is 5.32 Å². The first-order valence-electron chi connectivity index (χ1n) is 6.83. The van der Waals surface area contributed by atoms with Gasteiger partial charge in [-0.15, -0.1) is 0 Å². The summed E-state index contributed by atoms with van der Waals surface area (Å²) in [7, 11) is 0. The van der Waals surface area contributed by atoms with E-state index in [1.54, 1.807) is 30.3 Å². The topological polar surface area (TPSA) is 50.4 Å². The molecule has 2 aromatic rings. The first-order valence-corrected chi connectivity index (χ1v) is 7.58. The highest BCUT2D eigenvalue weighted by molar-refractivity contribution is 6.32. The Kier molecular flexibility index (Phi) is 6.37. The van der Waals surface area contributed by atoms with Crippen molar-refractivity contribution in [2.24, 2.45) is 0 Å². The molecule has 0 aliphatic rings. The molecule has 116 valence electrons. The van der Waals surface area contributed by atoms with E-state index in [1.807, 2.05) is 18.2 Å². The van der Waals surface area contributed by atoms with Gasteiger partial charge in [0.2, 0.25) is 0 Å². The van der Waals surface area contributed by atoms with Crippen molar-refractivity contribution >= 4 is 34.9 Å². The van der Waals surface area contributed by atoms with Gasteiger partial charge in [-0.25, -0.2) is 4.79 Å². The molecule has 0 spiro atoms. The second-order valence-corrected chi connectivity index (χ2v) is 5.37. The van der Waals surface area contributed by atoms with E-state index in [0.717, 1.165) is 0 Å². The summed E-state index contributed by atoms with van der Waals surface area (Å²) in [4.78, 5) is 11.7. The van der Waals surface area contributed by atoms with E-state index in [9.17, 15) is 4.79 Å². The van der Waals surface area contributed by atoms with Crippen LogP contribution in [0.5, 0.6) is 5.75 Å². The smallest absolute Gasteiger partial charge is 0.319 e. The molecule has 0 heterocycles. The van der Waals surface area contributed by atoms with Crippen LogP contribution in [0.3, 0.4) is 0 Å². The molecule has 0 radical (unpaired) electrons. The van der Waals surface area contributed by atoms with E-state index in [1.165, 1.54) is 0 Å². The third kappa shape index (κ3) is 5.47. The standard InChI is InChI=1S/C16H16Cl2N2O2/c17-12-5-3-6-13(11-12)20-16(21)19-9-4-10-22-15-8-2-1-7-14(15)18/h1-3,5-8,11H,4,9-10H2,(H2,19,20,21). The Bertz CT molecular complexity index is 635. The van der Waals surface area contributed by atoms with Crippen LogP contribution in [0.25, 0.3) is 0 Å². The minimum Gasteiger partial charge on any atom is -0.492 e. The van der Waals surface area contributed by atoms with E-state index in [2.05, 4.69) is 10.6 Å². The number of hydrogen-bond donors (Lipinski definition) is 2. The molecule has 2 aromatic carbocycles. The summed E-state index contributed by atoms with van der Waals surface area (Å²) in [6, 6.07) is 14.0. The molecule has 2 amide bonds. The fourth-order valence-electron chi connectivity index (χ4n) is 1.76. The van der Waals surface area contributed by atoms with E-state index in [-0.39, 0.29) is 6.03 Å². The van der Waals surface area contributed by atoms with Crippen LogP contribution in [0.4, 0.5) is 10.5 Å². The average molecular weight is 339 g/mol. The van der Waals surface area contributed by atoms with Gasteiger partial charge in [-0.1, -0.05) is 41.4 Å². The van der Waals surface area contributed by atoms with Crippen molar-refractivity contribution in [3.05, 3.63) is 58.6 Å². The lowest BCUT2D eigenvalue weighted by Gasteiger charge is -2.09.